The summed E-state index contributed by atoms with van der Waals surface area (Å²) in [5.41, 5.74) is 0.976. The molecule has 1 atom stereocenters. The number of hydrogen-bond donors (Lipinski definition) is 1. The maximum atomic E-state index is 10.6. The molecule has 1 N–H and O–H groups in total. The minimum atomic E-state index is -0.393. The van der Waals surface area contributed by atoms with Crippen LogP contribution < -0.4 is 0 Å². The Morgan fingerprint density at radius 2 is 1.83 bits per heavy atom. The second kappa shape index (κ2) is 6.52. The Morgan fingerprint density at radius 1 is 1.17 bits per heavy atom. The summed E-state index contributed by atoms with van der Waals surface area (Å²) in [6, 6.07) is 9.75. The molecule has 1 saturated heterocycles. The summed E-state index contributed by atoms with van der Waals surface area (Å²) in [5.74, 6) is 0. The molecule has 1 fully saturated rings. The van der Waals surface area contributed by atoms with Crippen molar-refractivity contribution in [3.05, 3.63) is 35.9 Å². The third kappa shape index (κ3) is 3.55. The summed E-state index contributed by atoms with van der Waals surface area (Å²) in [7, 11) is 0. The fourth-order valence-electron chi connectivity index (χ4n) is 2.24. The van der Waals surface area contributed by atoms with Crippen LogP contribution in [0.15, 0.2) is 30.3 Å². The van der Waals surface area contributed by atoms with Crippen molar-refractivity contribution >= 4 is 6.41 Å². The topological polar surface area (TPSA) is 43.8 Å². The third-order valence-corrected chi connectivity index (χ3v) is 3.46. The normalized spacial score (nSPS) is 18.6. The van der Waals surface area contributed by atoms with E-state index >= 15 is 0 Å². The number of amides is 1. The Hall–Kier alpha value is -1.39. The molecular formula is C14H20N2O2. The van der Waals surface area contributed by atoms with Crippen LogP contribution in [-0.2, 0) is 4.79 Å². The summed E-state index contributed by atoms with van der Waals surface area (Å²) in [6.45, 7) is 4.28. The van der Waals surface area contributed by atoms with Crippen molar-refractivity contribution in [2.45, 2.75) is 12.5 Å². The number of benzene rings is 1. The van der Waals surface area contributed by atoms with Crippen molar-refractivity contribution in [3.8, 4) is 0 Å². The van der Waals surface area contributed by atoms with Crippen molar-refractivity contribution in [3.63, 3.8) is 0 Å². The number of carbonyl (C=O) groups excluding carboxylic acids is 1. The molecule has 2 rings (SSSR count). The van der Waals surface area contributed by atoms with Crippen molar-refractivity contribution in [2.75, 3.05) is 32.7 Å². The fraction of sp³-hybridized carbons (Fsp3) is 0.500. The van der Waals surface area contributed by atoms with Crippen LogP contribution in [-0.4, -0.2) is 54.0 Å². The van der Waals surface area contributed by atoms with Gasteiger partial charge in [-0.2, -0.15) is 0 Å². The molecular weight excluding hydrogens is 228 g/mol. The van der Waals surface area contributed by atoms with Crippen molar-refractivity contribution < 1.29 is 9.90 Å². The molecule has 0 aliphatic carbocycles. The Kier molecular flexibility index (Phi) is 4.73. The molecule has 1 heterocycles. The van der Waals surface area contributed by atoms with Crippen LogP contribution in [0, 0.1) is 0 Å². The lowest BCUT2D eigenvalue weighted by molar-refractivity contribution is -0.119. The lowest BCUT2D eigenvalue weighted by atomic mass is 10.1. The van der Waals surface area contributed by atoms with E-state index in [0.717, 1.165) is 51.1 Å². The van der Waals surface area contributed by atoms with Gasteiger partial charge in [0.15, 0.2) is 0 Å². The smallest absolute Gasteiger partial charge is 0.209 e. The highest BCUT2D eigenvalue weighted by atomic mass is 16.3. The number of carbonyl (C=O) groups is 1. The lowest BCUT2D eigenvalue weighted by Gasteiger charge is -2.32. The van der Waals surface area contributed by atoms with Crippen LogP contribution in [0.25, 0.3) is 0 Å². The molecule has 0 saturated carbocycles. The highest BCUT2D eigenvalue weighted by molar-refractivity contribution is 5.47. The monoisotopic (exact) mass is 248 g/mol. The third-order valence-electron chi connectivity index (χ3n) is 3.46. The number of hydrogen-bond acceptors (Lipinski definition) is 3. The summed E-state index contributed by atoms with van der Waals surface area (Å²) >= 11 is 0. The zero-order chi connectivity index (χ0) is 12.8. The van der Waals surface area contributed by atoms with E-state index < -0.39 is 6.10 Å². The number of rotatable bonds is 5. The van der Waals surface area contributed by atoms with Crippen LogP contribution in [0.4, 0.5) is 0 Å². The molecule has 1 aliphatic rings. The molecule has 98 valence electrons. The summed E-state index contributed by atoms with van der Waals surface area (Å²) in [5, 5.41) is 10.1. The maximum Gasteiger partial charge on any atom is 0.209 e. The van der Waals surface area contributed by atoms with Gasteiger partial charge >= 0.3 is 0 Å². The predicted octanol–water partition coefficient (Wildman–Crippen LogP) is 0.884. The first-order valence-electron chi connectivity index (χ1n) is 6.44. The first-order chi connectivity index (χ1) is 8.79. The average molecular weight is 248 g/mol. The molecule has 1 amide bonds. The second-order valence-electron chi connectivity index (χ2n) is 4.70. The van der Waals surface area contributed by atoms with Gasteiger partial charge in [-0.15, -0.1) is 0 Å². The molecule has 1 aliphatic heterocycles. The molecule has 0 spiro atoms. The minimum absolute atomic E-state index is 0.393. The number of nitrogens with zero attached hydrogens (tertiary/aromatic N) is 2. The Balaban J connectivity index is 1.74. The highest BCUT2D eigenvalue weighted by Crippen LogP contribution is 2.16. The van der Waals surface area contributed by atoms with E-state index in [9.17, 15) is 9.90 Å². The molecule has 0 bridgehead atoms. The van der Waals surface area contributed by atoms with Crippen LogP contribution in [0.2, 0.25) is 0 Å². The number of aliphatic hydroxyl groups excluding tert-OH is 1. The Bertz CT molecular complexity index is 361. The quantitative estimate of drug-likeness (QED) is 0.787. The molecule has 0 radical (unpaired) electrons. The Labute approximate surface area is 108 Å². The first kappa shape index (κ1) is 13.1. The standard InChI is InChI=1S/C14H20N2O2/c17-12-16-10-8-15(9-11-16)7-6-14(18)13-4-2-1-3-5-13/h1-5,12,14,18H,6-11H2. The summed E-state index contributed by atoms with van der Waals surface area (Å²) < 4.78 is 0. The van der Waals surface area contributed by atoms with Gasteiger partial charge < -0.3 is 10.0 Å². The Morgan fingerprint density at radius 3 is 2.44 bits per heavy atom. The highest BCUT2D eigenvalue weighted by Gasteiger charge is 2.16. The van der Waals surface area contributed by atoms with Crippen LogP contribution in [0.3, 0.4) is 0 Å². The van der Waals surface area contributed by atoms with E-state index in [1.165, 1.54) is 0 Å². The molecule has 18 heavy (non-hydrogen) atoms. The van der Waals surface area contributed by atoms with E-state index in [1.807, 2.05) is 30.3 Å². The van der Waals surface area contributed by atoms with Crippen molar-refractivity contribution in [1.29, 1.82) is 0 Å². The van der Waals surface area contributed by atoms with Crippen LogP contribution >= 0.6 is 0 Å². The first-order valence-corrected chi connectivity index (χ1v) is 6.44. The average Bonchev–Trinajstić information content (AvgIpc) is 2.46. The molecule has 4 nitrogen and oxygen atoms in total. The van der Waals surface area contributed by atoms with E-state index in [1.54, 1.807) is 4.90 Å². The van der Waals surface area contributed by atoms with Gasteiger partial charge in [-0.3, -0.25) is 9.69 Å². The summed E-state index contributed by atoms with van der Waals surface area (Å²) in [4.78, 5) is 14.7. The van der Waals surface area contributed by atoms with Gasteiger partial charge in [0.1, 0.15) is 0 Å². The van der Waals surface area contributed by atoms with Gasteiger partial charge in [0.25, 0.3) is 0 Å². The maximum absolute atomic E-state index is 10.6. The van der Waals surface area contributed by atoms with Gasteiger partial charge in [0.05, 0.1) is 6.10 Å². The molecule has 1 unspecified atom stereocenters. The predicted molar refractivity (Wildman–Crippen MR) is 70.1 cm³/mol. The van der Waals surface area contributed by atoms with Crippen LogP contribution in [0.5, 0.6) is 0 Å². The van der Waals surface area contributed by atoms with E-state index in [0.29, 0.717) is 0 Å². The molecule has 0 aromatic heterocycles. The molecule has 1 aromatic carbocycles. The number of piperazine rings is 1. The second-order valence-corrected chi connectivity index (χ2v) is 4.70. The fourth-order valence-corrected chi connectivity index (χ4v) is 2.24. The molecule has 1 aromatic rings. The van der Waals surface area contributed by atoms with E-state index in [-0.39, 0.29) is 0 Å². The minimum Gasteiger partial charge on any atom is -0.388 e. The van der Waals surface area contributed by atoms with Gasteiger partial charge in [0.2, 0.25) is 6.41 Å². The largest absolute Gasteiger partial charge is 0.388 e. The summed E-state index contributed by atoms with van der Waals surface area (Å²) in [6.07, 6.45) is 1.26. The van der Waals surface area contributed by atoms with Gasteiger partial charge in [0, 0.05) is 32.7 Å². The van der Waals surface area contributed by atoms with Crippen molar-refractivity contribution in [1.82, 2.24) is 9.80 Å². The van der Waals surface area contributed by atoms with Gasteiger partial charge in [-0.25, -0.2) is 0 Å². The van der Waals surface area contributed by atoms with Gasteiger partial charge in [-0.05, 0) is 12.0 Å². The van der Waals surface area contributed by atoms with Crippen molar-refractivity contribution in [2.24, 2.45) is 0 Å². The van der Waals surface area contributed by atoms with Gasteiger partial charge in [-0.1, -0.05) is 30.3 Å². The van der Waals surface area contributed by atoms with E-state index in [4.69, 9.17) is 0 Å². The number of aliphatic hydroxyl groups is 1. The van der Waals surface area contributed by atoms with Crippen LogP contribution in [0.1, 0.15) is 18.1 Å². The SMILES string of the molecule is O=CN1CCN(CCC(O)c2ccccc2)CC1. The zero-order valence-electron chi connectivity index (χ0n) is 10.5. The lowest BCUT2D eigenvalue weighted by Crippen LogP contribution is -2.46. The zero-order valence-corrected chi connectivity index (χ0v) is 10.5. The molecule has 4 heteroatoms. The van der Waals surface area contributed by atoms with E-state index in [2.05, 4.69) is 4.90 Å².